The van der Waals surface area contributed by atoms with Crippen molar-refractivity contribution in [3.63, 3.8) is 0 Å². The summed E-state index contributed by atoms with van der Waals surface area (Å²) in [6.07, 6.45) is 11.3. The first-order valence-corrected chi connectivity index (χ1v) is 9.74. The van der Waals surface area contributed by atoms with Crippen molar-refractivity contribution in [3.8, 4) is 0 Å². The van der Waals surface area contributed by atoms with E-state index in [0.717, 1.165) is 25.8 Å². The van der Waals surface area contributed by atoms with Gasteiger partial charge in [-0.3, -0.25) is 9.59 Å². The number of allylic oxidation sites excluding steroid dienone is 2. The second-order valence-corrected chi connectivity index (χ2v) is 8.45. The van der Waals surface area contributed by atoms with Crippen molar-refractivity contribution in [2.24, 2.45) is 29.1 Å². The van der Waals surface area contributed by atoms with Gasteiger partial charge in [0.05, 0.1) is 12.5 Å². The fourth-order valence-electron chi connectivity index (χ4n) is 5.79. The summed E-state index contributed by atoms with van der Waals surface area (Å²) in [4.78, 5) is 23.8. The fourth-order valence-corrected chi connectivity index (χ4v) is 5.79. The van der Waals surface area contributed by atoms with Crippen LogP contribution in [0.15, 0.2) is 11.6 Å². The Kier molecular flexibility index (Phi) is 4.17. The molecule has 2 saturated carbocycles. The van der Waals surface area contributed by atoms with Crippen LogP contribution in [-0.4, -0.2) is 25.0 Å². The summed E-state index contributed by atoms with van der Waals surface area (Å²) < 4.78 is 5.31. The number of fused-ring (bicyclic) bond motifs is 2. The van der Waals surface area contributed by atoms with E-state index in [1.807, 2.05) is 6.92 Å². The van der Waals surface area contributed by atoms with Gasteiger partial charge >= 0.3 is 5.97 Å². The zero-order chi connectivity index (χ0) is 16.7. The lowest BCUT2D eigenvalue weighted by Gasteiger charge is -2.39. The largest absolute Gasteiger partial charge is 0.466 e. The summed E-state index contributed by atoms with van der Waals surface area (Å²) in [6.45, 7) is 3.26. The third-order valence-corrected chi connectivity index (χ3v) is 7.09. The van der Waals surface area contributed by atoms with E-state index in [1.165, 1.54) is 32.1 Å². The lowest BCUT2D eigenvalue weighted by molar-refractivity contribution is -0.150. The molecule has 4 nitrogen and oxygen atoms in total. The lowest BCUT2D eigenvalue weighted by atomic mass is 9.66. The molecule has 1 heterocycles. The summed E-state index contributed by atoms with van der Waals surface area (Å²) >= 11 is 0. The molecule has 2 bridgehead atoms. The van der Waals surface area contributed by atoms with Gasteiger partial charge in [0.25, 0.3) is 0 Å². The Labute approximate surface area is 144 Å². The molecule has 4 aliphatic rings. The van der Waals surface area contributed by atoms with Crippen LogP contribution in [0, 0.1) is 29.1 Å². The van der Waals surface area contributed by atoms with Gasteiger partial charge in [0.15, 0.2) is 0 Å². The fraction of sp³-hybridized carbons (Fsp3) is 0.800. The summed E-state index contributed by atoms with van der Waals surface area (Å²) in [6, 6.07) is 0. The third kappa shape index (κ3) is 2.78. The molecule has 24 heavy (non-hydrogen) atoms. The summed E-state index contributed by atoms with van der Waals surface area (Å²) in [7, 11) is 0. The molecule has 3 atom stereocenters. The van der Waals surface area contributed by atoms with E-state index in [1.54, 1.807) is 5.57 Å². The van der Waals surface area contributed by atoms with Crippen molar-refractivity contribution in [1.82, 2.24) is 5.32 Å². The zero-order valence-electron chi connectivity index (χ0n) is 14.7. The van der Waals surface area contributed by atoms with Crippen LogP contribution in [-0.2, 0) is 14.3 Å². The molecule has 1 N–H and O–H groups in total. The maximum Gasteiger partial charge on any atom is 0.309 e. The Bertz CT molecular complexity index is 559. The van der Waals surface area contributed by atoms with Crippen molar-refractivity contribution in [3.05, 3.63) is 11.6 Å². The van der Waals surface area contributed by atoms with Crippen LogP contribution in [0.4, 0.5) is 0 Å². The Hall–Kier alpha value is -1.32. The van der Waals surface area contributed by atoms with Crippen molar-refractivity contribution in [2.45, 2.75) is 58.3 Å². The zero-order valence-corrected chi connectivity index (χ0v) is 14.7. The van der Waals surface area contributed by atoms with Crippen LogP contribution in [0.5, 0.6) is 0 Å². The molecular weight excluding hydrogens is 302 g/mol. The predicted molar refractivity (Wildman–Crippen MR) is 91.1 cm³/mol. The van der Waals surface area contributed by atoms with Crippen LogP contribution in [0.1, 0.15) is 58.3 Å². The van der Waals surface area contributed by atoms with E-state index in [9.17, 15) is 9.59 Å². The van der Waals surface area contributed by atoms with E-state index >= 15 is 0 Å². The van der Waals surface area contributed by atoms with Gasteiger partial charge in [-0.2, -0.15) is 0 Å². The first-order chi connectivity index (χ1) is 11.6. The number of esters is 1. The van der Waals surface area contributed by atoms with Gasteiger partial charge in [-0.15, -0.1) is 0 Å². The molecular formula is C20H29NO3. The molecule has 1 aliphatic heterocycles. The first-order valence-electron chi connectivity index (χ1n) is 9.74. The number of ether oxygens (including phenoxy) is 1. The summed E-state index contributed by atoms with van der Waals surface area (Å²) in [5.74, 6) is 1.96. The number of rotatable bonds is 3. The molecule has 4 rings (SSSR count). The Morgan fingerprint density at radius 1 is 1.29 bits per heavy atom. The van der Waals surface area contributed by atoms with E-state index in [-0.39, 0.29) is 23.2 Å². The van der Waals surface area contributed by atoms with E-state index in [0.29, 0.717) is 24.4 Å². The molecule has 132 valence electrons. The standard InChI is InChI=1S/C20H29NO3/c1-2-24-19(23)18-14-3-4-15(18)10-16(9-14)13-5-7-20(8-6-13)11-17(22)21-12-20/h9,13-15,18H,2-8,10-12H2,1H3,(H,21,22). The van der Waals surface area contributed by atoms with Crippen LogP contribution in [0.3, 0.4) is 0 Å². The summed E-state index contributed by atoms with van der Waals surface area (Å²) in [5.41, 5.74) is 1.85. The third-order valence-electron chi connectivity index (χ3n) is 7.09. The molecule has 0 aromatic carbocycles. The number of hydrogen-bond acceptors (Lipinski definition) is 3. The molecule has 0 aromatic heterocycles. The van der Waals surface area contributed by atoms with Gasteiger partial charge in [0.2, 0.25) is 5.91 Å². The van der Waals surface area contributed by atoms with Gasteiger partial charge in [-0.05, 0) is 75.0 Å². The number of hydrogen-bond donors (Lipinski definition) is 1. The van der Waals surface area contributed by atoms with Gasteiger partial charge in [0.1, 0.15) is 0 Å². The maximum atomic E-state index is 12.3. The van der Waals surface area contributed by atoms with Gasteiger partial charge in [-0.25, -0.2) is 0 Å². The second-order valence-electron chi connectivity index (χ2n) is 8.45. The SMILES string of the molecule is CCOC(=O)C1C2C=C(C3CCC4(CC3)CNC(=O)C4)CC1CC2. The normalized spacial score (nSPS) is 41.2. The summed E-state index contributed by atoms with van der Waals surface area (Å²) in [5, 5.41) is 3.02. The van der Waals surface area contributed by atoms with Crippen molar-refractivity contribution in [2.75, 3.05) is 13.2 Å². The smallest absolute Gasteiger partial charge is 0.309 e. The minimum Gasteiger partial charge on any atom is -0.466 e. The van der Waals surface area contributed by atoms with Crippen LogP contribution < -0.4 is 5.32 Å². The molecule has 1 saturated heterocycles. The lowest BCUT2D eigenvalue weighted by Crippen LogP contribution is -2.33. The number of carbonyl (C=O) groups is 2. The first kappa shape index (κ1) is 16.2. The monoisotopic (exact) mass is 331 g/mol. The molecule has 0 aromatic rings. The number of nitrogens with one attached hydrogen (secondary N) is 1. The van der Waals surface area contributed by atoms with E-state index < -0.39 is 0 Å². The molecule has 4 heteroatoms. The van der Waals surface area contributed by atoms with Crippen molar-refractivity contribution < 1.29 is 14.3 Å². The molecule has 3 fully saturated rings. The topological polar surface area (TPSA) is 55.4 Å². The highest BCUT2D eigenvalue weighted by Crippen LogP contribution is 2.52. The van der Waals surface area contributed by atoms with Gasteiger partial charge in [0, 0.05) is 13.0 Å². The highest BCUT2D eigenvalue weighted by molar-refractivity contribution is 5.79. The highest BCUT2D eigenvalue weighted by atomic mass is 16.5. The van der Waals surface area contributed by atoms with Crippen molar-refractivity contribution in [1.29, 1.82) is 0 Å². The van der Waals surface area contributed by atoms with E-state index in [2.05, 4.69) is 11.4 Å². The molecule has 3 aliphatic carbocycles. The Morgan fingerprint density at radius 2 is 2.08 bits per heavy atom. The van der Waals surface area contributed by atoms with E-state index in [4.69, 9.17) is 4.74 Å². The van der Waals surface area contributed by atoms with Gasteiger partial charge in [-0.1, -0.05) is 11.6 Å². The Morgan fingerprint density at radius 3 is 2.71 bits per heavy atom. The van der Waals surface area contributed by atoms with Crippen LogP contribution in [0.2, 0.25) is 0 Å². The van der Waals surface area contributed by atoms with Crippen molar-refractivity contribution >= 4 is 11.9 Å². The molecule has 1 spiro atoms. The minimum atomic E-state index is 0.0263. The number of carbonyl (C=O) groups excluding carboxylic acids is 2. The molecule has 1 amide bonds. The second kappa shape index (κ2) is 6.20. The van der Waals surface area contributed by atoms with Gasteiger partial charge < -0.3 is 10.1 Å². The average Bonchev–Trinajstić information content (AvgIpc) is 3.05. The van der Waals surface area contributed by atoms with Crippen LogP contribution in [0.25, 0.3) is 0 Å². The molecule has 3 unspecified atom stereocenters. The highest BCUT2D eigenvalue weighted by Gasteiger charge is 2.46. The minimum absolute atomic E-state index is 0.0263. The Balaban J connectivity index is 1.41. The predicted octanol–water partition coefficient (Wildman–Crippen LogP) is 3.22. The molecule has 0 radical (unpaired) electrons. The average molecular weight is 331 g/mol. The van der Waals surface area contributed by atoms with Crippen LogP contribution >= 0.6 is 0 Å². The maximum absolute atomic E-state index is 12.3. The number of amides is 1. The quantitative estimate of drug-likeness (QED) is 0.638.